The first-order valence-electron chi connectivity index (χ1n) is 6.13. The summed E-state index contributed by atoms with van der Waals surface area (Å²) >= 11 is 12.9. The molecule has 2 aromatic carbocycles. The highest BCUT2D eigenvalue weighted by molar-refractivity contribution is 9.11. The molecule has 0 radical (unpaired) electrons. The van der Waals surface area contributed by atoms with Gasteiger partial charge in [0.1, 0.15) is 0 Å². The quantitative estimate of drug-likeness (QED) is 0.714. The van der Waals surface area contributed by atoms with Crippen LogP contribution in [0.15, 0.2) is 45.3 Å². The van der Waals surface area contributed by atoms with Crippen molar-refractivity contribution >= 4 is 55.1 Å². The average Bonchev–Trinajstić information content (AvgIpc) is 2.44. The van der Waals surface area contributed by atoms with Gasteiger partial charge in [0.15, 0.2) is 0 Å². The molecule has 0 aliphatic rings. The van der Waals surface area contributed by atoms with Gasteiger partial charge in [-0.25, -0.2) is 0 Å². The molecule has 0 saturated carbocycles. The second-order valence-corrected chi connectivity index (χ2v) is 6.81. The van der Waals surface area contributed by atoms with E-state index in [0.29, 0.717) is 22.8 Å². The van der Waals surface area contributed by atoms with E-state index in [0.717, 1.165) is 14.5 Å². The first-order valence-corrected chi connectivity index (χ1v) is 8.09. The van der Waals surface area contributed by atoms with Crippen LogP contribution in [-0.4, -0.2) is 17.9 Å². The molecule has 0 aliphatic heterocycles. The van der Waals surface area contributed by atoms with Crippen molar-refractivity contribution in [1.82, 2.24) is 4.90 Å². The first-order chi connectivity index (χ1) is 9.88. The molecule has 1 amide bonds. The largest absolute Gasteiger partial charge is 0.399 e. The summed E-state index contributed by atoms with van der Waals surface area (Å²) in [6.45, 7) is 0.391. The van der Waals surface area contributed by atoms with Crippen molar-refractivity contribution < 1.29 is 4.79 Å². The molecular formula is C15H13Br2ClN2O. The van der Waals surface area contributed by atoms with Crippen molar-refractivity contribution in [2.75, 3.05) is 12.8 Å². The first kappa shape index (κ1) is 16.3. The Labute approximate surface area is 145 Å². The second-order valence-electron chi connectivity index (χ2n) is 4.64. The molecule has 0 unspecified atom stereocenters. The van der Waals surface area contributed by atoms with Gasteiger partial charge in [-0.05, 0) is 57.9 Å². The minimum absolute atomic E-state index is 0.0957. The number of halogens is 3. The fraction of sp³-hybridized carbons (Fsp3) is 0.133. The summed E-state index contributed by atoms with van der Waals surface area (Å²) in [7, 11) is 1.73. The predicted molar refractivity (Wildman–Crippen MR) is 93.5 cm³/mol. The van der Waals surface area contributed by atoms with E-state index in [2.05, 4.69) is 31.9 Å². The molecular weight excluding hydrogens is 419 g/mol. The fourth-order valence-electron chi connectivity index (χ4n) is 1.91. The van der Waals surface area contributed by atoms with E-state index >= 15 is 0 Å². The van der Waals surface area contributed by atoms with Crippen molar-refractivity contribution in [3.8, 4) is 0 Å². The van der Waals surface area contributed by atoms with Crippen molar-refractivity contribution in [1.29, 1.82) is 0 Å². The lowest BCUT2D eigenvalue weighted by molar-refractivity contribution is 0.0784. The molecule has 6 heteroatoms. The highest BCUT2D eigenvalue weighted by Crippen LogP contribution is 2.25. The zero-order valence-electron chi connectivity index (χ0n) is 11.2. The number of nitrogens with two attached hydrogens (primary N) is 1. The third-order valence-corrected chi connectivity index (χ3v) is 4.54. The minimum Gasteiger partial charge on any atom is -0.399 e. The Balaban J connectivity index is 2.23. The third-order valence-electron chi connectivity index (χ3n) is 2.98. The van der Waals surface area contributed by atoms with Crippen LogP contribution in [0.25, 0.3) is 0 Å². The van der Waals surface area contributed by atoms with E-state index in [1.165, 1.54) is 0 Å². The van der Waals surface area contributed by atoms with Gasteiger partial charge in [0.2, 0.25) is 0 Å². The van der Waals surface area contributed by atoms with Crippen LogP contribution in [-0.2, 0) is 6.54 Å². The van der Waals surface area contributed by atoms with Crippen molar-refractivity contribution in [2.45, 2.75) is 6.54 Å². The Morgan fingerprint density at radius 3 is 2.67 bits per heavy atom. The van der Waals surface area contributed by atoms with E-state index in [9.17, 15) is 4.79 Å². The lowest BCUT2D eigenvalue weighted by Crippen LogP contribution is -2.26. The van der Waals surface area contributed by atoms with Crippen LogP contribution in [0.3, 0.4) is 0 Å². The molecule has 0 saturated heterocycles. The molecule has 2 N–H and O–H groups in total. The van der Waals surface area contributed by atoms with Crippen molar-refractivity contribution in [2.24, 2.45) is 0 Å². The van der Waals surface area contributed by atoms with Gasteiger partial charge in [-0.3, -0.25) is 4.79 Å². The summed E-state index contributed by atoms with van der Waals surface area (Å²) in [6.07, 6.45) is 0. The average molecular weight is 433 g/mol. The number of anilines is 1. The topological polar surface area (TPSA) is 46.3 Å². The number of carbonyl (C=O) groups is 1. The number of benzene rings is 2. The van der Waals surface area contributed by atoms with Gasteiger partial charge < -0.3 is 10.6 Å². The summed E-state index contributed by atoms with van der Waals surface area (Å²) in [4.78, 5) is 14.1. The Bertz CT molecular complexity index is 691. The highest BCUT2D eigenvalue weighted by atomic mass is 79.9. The summed E-state index contributed by atoms with van der Waals surface area (Å²) in [5.74, 6) is -0.0957. The van der Waals surface area contributed by atoms with Gasteiger partial charge in [0, 0.05) is 33.2 Å². The molecule has 0 aliphatic carbocycles. The molecule has 2 rings (SSSR count). The number of rotatable bonds is 3. The molecule has 0 aromatic heterocycles. The maximum Gasteiger partial charge on any atom is 0.255 e. The molecule has 21 heavy (non-hydrogen) atoms. The van der Waals surface area contributed by atoms with Crippen LogP contribution >= 0.6 is 43.5 Å². The highest BCUT2D eigenvalue weighted by Gasteiger charge is 2.16. The molecule has 0 heterocycles. The Hall–Kier alpha value is -1.04. The van der Waals surface area contributed by atoms with E-state index in [-0.39, 0.29) is 5.91 Å². The van der Waals surface area contributed by atoms with Crippen LogP contribution in [0, 0.1) is 0 Å². The van der Waals surface area contributed by atoms with Gasteiger partial charge in [-0.15, -0.1) is 0 Å². The summed E-state index contributed by atoms with van der Waals surface area (Å²) in [5.41, 5.74) is 7.79. The van der Waals surface area contributed by atoms with Crippen LogP contribution in [0.1, 0.15) is 15.9 Å². The number of amides is 1. The maximum absolute atomic E-state index is 12.5. The van der Waals surface area contributed by atoms with E-state index in [4.69, 9.17) is 17.3 Å². The molecule has 0 fully saturated rings. The predicted octanol–water partition coefficient (Wildman–Crippen LogP) is 4.72. The van der Waals surface area contributed by atoms with Crippen molar-refractivity contribution in [3.05, 3.63) is 61.5 Å². The lowest BCUT2D eigenvalue weighted by Gasteiger charge is -2.19. The zero-order chi connectivity index (χ0) is 15.6. The van der Waals surface area contributed by atoms with E-state index < -0.39 is 0 Å². The van der Waals surface area contributed by atoms with Gasteiger partial charge in [0.05, 0.1) is 5.56 Å². The fourth-order valence-corrected chi connectivity index (χ4v) is 2.86. The molecule has 0 atom stereocenters. The monoisotopic (exact) mass is 430 g/mol. The Kier molecular flexibility index (Phi) is 5.30. The SMILES string of the molecule is CN(Cc1cc(N)ccc1Cl)C(=O)c1cc(Br)ccc1Br. The number of hydrogen-bond donors (Lipinski definition) is 1. The second kappa shape index (κ2) is 6.81. The third kappa shape index (κ3) is 3.99. The molecule has 0 spiro atoms. The normalized spacial score (nSPS) is 10.5. The van der Waals surface area contributed by atoms with Crippen LogP contribution in [0.5, 0.6) is 0 Å². The van der Waals surface area contributed by atoms with Crippen LogP contribution in [0.2, 0.25) is 5.02 Å². The molecule has 2 aromatic rings. The Morgan fingerprint density at radius 2 is 1.95 bits per heavy atom. The van der Waals surface area contributed by atoms with Crippen molar-refractivity contribution in [3.63, 3.8) is 0 Å². The lowest BCUT2D eigenvalue weighted by atomic mass is 10.1. The van der Waals surface area contributed by atoms with Gasteiger partial charge >= 0.3 is 0 Å². The summed E-state index contributed by atoms with van der Waals surface area (Å²) < 4.78 is 1.60. The molecule has 0 bridgehead atoms. The molecule has 110 valence electrons. The van der Waals surface area contributed by atoms with Crippen LogP contribution < -0.4 is 5.73 Å². The smallest absolute Gasteiger partial charge is 0.255 e. The summed E-state index contributed by atoms with van der Waals surface area (Å²) in [5, 5.41) is 0.595. The number of hydrogen-bond acceptors (Lipinski definition) is 2. The van der Waals surface area contributed by atoms with E-state index in [1.54, 1.807) is 36.2 Å². The standard InChI is InChI=1S/C15H13Br2ClN2O/c1-20(8-9-6-11(19)3-5-14(9)18)15(21)12-7-10(16)2-4-13(12)17/h2-7H,8,19H2,1H3. The number of nitrogen functional groups attached to an aromatic ring is 1. The maximum atomic E-state index is 12.5. The Morgan fingerprint density at radius 1 is 1.24 bits per heavy atom. The number of carbonyl (C=O) groups excluding carboxylic acids is 1. The van der Waals surface area contributed by atoms with Gasteiger partial charge in [-0.2, -0.15) is 0 Å². The van der Waals surface area contributed by atoms with Gasteiger partial charge in [-0.1, -0.05) is 27.5 Å². The van der Waals surface area contributed by atoms with Crippen LogP contribution in [0.4, 0.5) is 5.69 Å². The van der Waals surface area contributed by atoms with Gasteiger partial charge in [0.25, 0.3) is 5.91 Å². The van der Waals surface area contributed by atoms with E-state index in [1.807, 2.05) is 12.1 Å². The summed E-state index contributed by atoms with van der Waals surface area (Å²) in [6, 6.07) is 10.7. The number of nitrogens with zero attached hydrogens (tertiary/aromatic N) is 1. The zero-order valence-corrected chi connectivity index (χ0v) is 15.2. The molecule has 3 nitrogen and oxygen atoms in total. The minimum atomic E-state index is -0.0957.